The third kappa shape index (κ3) is 3.72. The first-order chi connectivity index (χ1) is 19.1. The average molecular weight is 525 g/mol. The Hall–Kier alpha value is -3.36. The second-order valence-electron chi connectivity index (χ2n) is 12.2. The van der Waals surface area contributed by atoms with Gasteiger partial charge in [0.2, 0.25) is 0 Å². The number of methoxy groups -OCH3 is 1. The highest BCUT2D eigenvalue weighted by Crippen LogP contribution is 2.40. The van der Waals surface area contributed by atoms with Gasteiger partial charge in [-0.15, -0.1) is 0 Å². The van der Waals surface area contributed by atoms with Gasteiger partial charge in [-0.1, -0.05) is 18.2 Å². The van der Waals surface area contributed by atoms with Crippen LogP contribution in [0.2, 0.25) is 0 Å². The number of benzene rings is 2. The molecule has 202 valence electrons. The molecule has 4 aromatic rings. The highest BCUT2D eigenvalue weighted by molar-refractivity contribution is 6.00. The summed E-state index contributed by atoms with van der Waals surface area (Å²) in [6.45, 7) is 4.62. The number of hydrogen-bond donors (Lipinski definition) is 2. The van der Waals surface area contributed by atoms with Crippen molar-refractivity contribution >= 4 is 27.8 Å². The summed E-state index contributed by atoms with van der Waals surface area (Å²) in [7, 11) is 1.70. The number of likely N-dealkylation sites (tertiary alicyclic amines) is 1. The second-order valence-corrected chi connectivity index (χ2v) is 12.2. The number of carbonyl (C=O) groups excluding carboxylic acids is 1. The number of carbonyl (C=O) groups is 1. The molecule has 8 heteroatoms. The van der Waals surface area contributed by atoms with Crippen molar-refractivity contribution in [3.63, 3.8) is 0 Å². The van der Waals surface area contributed by atoms with Crippen LogP contribution in [0.3, 0.4) is 0 Å². The molecule has 2 aliphatic carbocycles. The van der Waals surface area contributed by atoms with E-state index in [9.17, 15) is 4.79 Å². The van der Waals surface area contributed by atoms with Crippen molar-refractivity contribution in [2.24, 2.45) is 23.5 Å². The van der Waals surface area contributed by atoms with Crippen molar-refractivity contribution in [2.75, 3.05) is 26.7 Å². The number of nitrogens with zero attached hydrogens (tertiary/aromatic N) is 4. The predicted molar refractivity (Wildman–Crippen MR) is 152 cm³/mol. The Morgan fingerprint density at radius 2 is 1.87 bits per heavy atom. The molecular formula is C31H36N6O2. The lowest BCUT2D eigenvalue weighted by Crippen LogP contribution is -2.44. The summed E-state index contributed by atoms with van der Waals surface area (Å²) in [5.41, 5.74) is 11.3. The number of amides is 1. The Morgan fingerprint density at radius 3 is 2.56 bits per heavy atom. The third-order valence-corrected chi connectivity index (χ3v) is 9.67. The Labute approximate surface area is 228 Å². The minimum absolute atomic E-state index is 0.0417. The first-order valence-electron chi connectivity index (χ1n) is 14.5. The van der Waals surface area contributed by atoms with Crippen molar-refractivity contribution in [2.45, 2.75) is 50.9 Å². The van der Waals surface area contributed by atoms with E-state index in [1.807, 2.05) is 17.0 Å². The van der Waals surface area contributed by atoms with Crippen LogP contribution in [-0.4, -0.2) is 63.8 Å². The van der Waals surface area contributed by atoms with Crippen molar-refractivity contribution in [3.05, 3.63) is 48.0 Å². The molecule has 4 aliphatic rings. The Morgan fingerprint density at radius 1 is 1.05 bits per heavy atom. The lowest BCUT2D eigenvalue weighted by molar-refractivity contribution is 0.0700. The number of ether oxygens (including phenoxy) is 1. The predicted octanol–water partition coefficient (Wildman–Crippen LogP) is 3.86. The maximum absolute atomic E-state index is 13.8. The van der Waals surface area contributed by atoms with Gasteiger partial charge < -0.3 is 29.8 Å². The summed E-state index contributed by atoms with van der Waals surface area (Å²) < 4.78 is 10.8. The molecule has 3 N–H and O–H groups in total. The number of rotatable bonds is 7. The van der Waals surface area contributed by atoms with Crippen LogP contribution < -0.4 is 15.8 Å². The molecule has 2 saturated heterocycles. The fourth-order valence-electron chi connectivity index (χ4n) is 7.22. The molecule has 4 fully saturated rings. The highest BCUT2D eigenvalue weighted by atomic mass is 16.5. The molecule has 2 unspecified atom stereocenters. The zero-order valence-electron chi connectivity index (χ0n) is 22.5. The summed E-state index contributed by atoms with van der Waals surface area (Å²) in [6.07, 6.45) is 4.70. The van der Waals surface area contributed by atoms with Crippen molar-refractivity contribution in [3.8, 4) is 17.3 Å². The lowest BCUT2D eigenvalue weighted by Gasteiger charge is -2.29. The Kier molecular flexibility index (Phi) is 5.32. The molecule has 8 nitrogen and oxygen atoms in total. The molecule has 2 bridgehead atoms. The van der Waals surface area contributed by atoms with Gasteiger partial charge in [-0.2, -0.15) is 0 Å². The van der Waals surface area contributed by atoms with E-state index in [1.165, 1.54) is 23.7 Å². The van der Waals surface area contributed by atoms with Crippen LogP contribution in [0.1, 0.15) is 36.0 Å². The molecule has 2 aliphatic heterocycles. The number of nitrogens with two attached hydrogens (primary N) is 1. The van der Waals surface area contributed by atoms with Gasteiger partial charge in [0.15, 0.2) is 5.82 Å². The molecule has 3 atom stereocenters. The monoisotopic (exact) mass is 524 g/mol. The largest absolute Gasteiger partial charge is 0.494 e. The minimum atomic E-state index is 0.0417. The van der Waals surface area contributed by atoms with Gasteiger partial charge in [-0.25, -0.2) is 4.98 Å². The van der Waals surface area contributed by atoms with E-state index in [4.69, 9.17) is 15.5 Å². The number of nitrogens with one attached hydrogen (secondary N) is 1. The van der Waals surface area contributed by atoms with E-state index >= 15 is 0 Å². The number of imidazole rings is 1. The van der Waals surface area contributed by atoms with Gasteiger partial charge in [0, 0.05) is 67.2 Å². The van der Waals surface area contributed by atoms with Gasteiger partial charge in [0.25, 0.3) is 5.91 Å². The van der Waals surface area contributed by atoms with E-state index in [2.05, 4.69) is 44.8 Å². The fraction of sp³-hybridized carbons (Fsp3) is 0.484. The van der Waals surface area contributed by atoms with Gasteiger partial charge >= 0.3 is 0 Å². The summed E-state index contributed by atoms with van der Waals surface area (Å²) in [5, 5.41) is 4.65. The van der Waals surface area contributed by atoms with Crippen LogP contribution in [0.15, 0.2) is 42.5 Å². The Bertz CT molecular complexity index is 1600. The van der Waals surface area contributed by atoms with Gasteiger partial charge in [0.1, 0.15) is 11.3 Å². The van der Waals surface area contributed by atoms with E-state index in [-0.39, 0.29) is 18.0 Å². The normalized spacial score (nSPS) is 24.7. The maximum atomic E-state index is 13.8. The van der Waals surface area contributed by atoms with Crippen LogP contribution in [-0.2, 0) is 13.1 Å². The fourth-order valence-corrected chi connectivity index (χ4v) is 7.22. The molecule has 2 aromatic carbocycles. The van der Waals surface area contributed by atoms with Gasteiger partial charge in [-0.3, -0.25) is 4.79 Å². The summed E-state index contributed by atoms with van der Waals surface area (Å²) in [4.78, 5) is 21.0. The second kappa shape index (κ2) is 8.83. The highest BCUT2D eigenvalue weighted by Gasteiger charge is 2.47. The summed E-state index contributed by atoms with van der Waals surface area (Å²) in [6, 6.07) is 15.1. The van der Waals surface area contributed by atoms with Crippen LogP contribution in [0, 0.1) is 17.8 Å². The SMILES string of the molecule is COc1cc(C(=O)N2CC3CCC2[C@@H]3N)cc2nc(-c3cc4ccccc4n3CC3CC3)n(CC3CNC3)c12. The molecule has 0 radical (unpaired) electrons. The number of hydrogen-bond acceptors (Lipinski definition) is 5. The Balaban J connectivity index is 1.29. The first-order valence-corrected chi connectivity index (χ1v) is 14.5. The smallest absolute Gasteiger partial charge is 0.254 e. The minimum Gasteiger partial charge on any atom is -0.494 e. The first kappa shape index (κ1) is 23.5. The molecule has 4 heterocycles. The zero-order chi connectivity index (χ0) is 26.2. The van der Waals surface area contributed by atoms with Crippen LogP contribution in [0.5, 0.6) is 5.75 Å². The molecular weight excluding hydrogens is 488 g/mol. The molecule has 39 heavy (non-hydrogen) atoms. The van der Waals surface area contributed by atoms with E-state index < -0.39 is 0 Å². The van der Waals surface area contributed by atoms with Crippen LogP contribution in [0.25, 0.3) is 33.5 Å². The molecule has 2 saturated carbocycles. The van der Waals surface area contributed by atoms with Crippen LogP contribution in [0.4, 0.5) is 0 Å². The van der Waals surface area contributed by atoms with E-state index in [0.29, 0.717) is 23.1 Å². The third-order valence-electron chi connectivity index (χ3n) is 9.67. The topological polar surface area (TPSA) is 90.3 Å². The van der Waals surface area contributed by atoms with E-state index in [0.717, 1.165) is 74.0 Å². The van der Waals surface area contributed by atoms with Crippen LogP contribution >= 0.6 is 0 Å². The molecule has 8 rings (SSSR count). The quantitative estimate of drug-likeness (QED) is 0.383. The molecule has 2 aromatic heterocycles. The summed E-state index contributed by atoms with van der Waals surface area (Å²) >= 11 is 0. The zero-order valence-corrected chi connectivity index (χ0v) is 22.5. The molecule has 0 spiro atoms. The number of aromatic nitrogens is 3. The van der Waals surface area contributed by atoms with Gasteiger partial charge in [0.05, 0.1) is 18.3 Å². The number of piperidine rings is 1. The average Bonchev–Trinajstić information content (AvgIpc) is 3.28. The van der Waals surface area contributed by atoms with Crippen molar-refractivity contribution in [1.82, 2.24) is 24.3 Å². The van der Waals surface area contributed by atoms with Gasteiger partial charge in [-0.05, 0) is 61.8 Å². The van der Waals surface area contributed by atoms with Crippen molar-refractivity contribution < 1.29 is 9.53 Å². The molecule has 1 amide bonds. The van der Waals surface area contributed by atoms with E-state index in [1.54, 1.807) is 7.11 Å². The number of para-hydroxylation sites is 1. The number of fused-ring (bicyclic) bond motifs is 4. The maximum Gasteiger partial charge on any atom is 0.254 e. The van der Waals surface area contributed by atoms with Crippen molar-refractivity contribution in [1.29, 1.82) is 0 Å². The lowest BCUT2D eigenvalue weighted by atomic mass is 10.0. The summed E-state index contributed by atoms with van der Waals surface area (Å²) in [5.74, 6) is 3.39. The standard InChI is InChI=1S/C31H36N6O2/c1-39-27-12-22(31(38)36-17-21-8-9-25(36)28(21)32)10-23-29(27)37(16-19-13-33-14-19)30(34-23)26-11-20-4-2-3-5-24(20)35(26)15-18-6-7-18/h2-5,10-12,18-19,21,25,28,33H,6-9,13-17,32H2,1H3/t21?,25?,28-/m1/s1.